The van der Waals surface area contributed by atoms with Crippen LogP contribution >= 0.6 is 11.3 Å². The number of piperidine rings is 1. The molecule has 0 N–H and O–H groups in total. The van der Waals surface area contributed by atoms with Crippen LogP contribution in [-0.2, 0) is 0 Å². The van der Waals surface area contributed by atoms with Crippen LogP contribution in [0.15, 0.2) is 29.6 Å². The molecular formula is C17H20N2O2S. The number of nitrogens with zero attached hydrogens (tertiary/aromatic N) is 2. The Kier molecular flexibility index (Phi) is 4.43. The third-order valence-corrected chi connectivity index (χ3v) is 5.16. The summed E-state index contributed by atoms with van der Waals surface area (Å²) in [5.41, 5.74) is 1.70. The lowest BCUT2D eigenvalue weighted by molar-refractivity contribution is 0.0703. The number of carbonyl (C=O) groups is 1. The average Bonchev–Trinajstić information content (AvgIpc) is 3.01. The number of carbonyl (C=O) groups excluding carboxylic acids is 1. The molecule has 1 atom stereocenters. The minimum atomic E-state index is 0.0513. The standard InChI is InChI=1S/C17H20N2O2S/c1-12-11-22-16(18-12)13-6-5-9-19(10-13)17(20)14-7-3-4-8-15(14)21-2/h3-4,7-8,11,13H,5-6,9-10H2,1-2H3/t13-/m1/s1. The van der Waals surface area contributed by atoms with Gasteiger partial charge in [-0.05, 0) is 31.9 Å². The molecule has 2 heterocycles. The van der Waals surface area contributed by atoms with Crippen molar-refractivity contribution in [2.75, 3.05) is 20.2 Å². The normalized spacial score (nSPS) is 18.3. The largest absolute Gasteiger partial charge is 0.496 e. The first kappa shape index (κ1) is 15.0. The number of benzene rings is 1. The molecule has 4 nitrogen and oxygen atoms in total. The molecule has 22 heavy (non-hydrogen) atoms. The highest BCUT2D eigenvalue weighted by atomic mass is 32.1. The Hall–Kier alpha value is -1.88. The number of methoxy groups -OCH3 is 1. The van der Waals surface area contributed by atoms with E-state index >= 15 is 0 Å². The van der Waals surface area contributed by atoms with E-state index in [-0.39, 0.29) is 5.91 Å². The van der Waals surface area contributed by atoms with Gasteiger partial charge in [0.15, 0.2) is 0 Å². The fourth-order valence-corrected chi connectivity index (χ4v) is 3.84. The molecule has 5 heteroatoms. The zero-order valence-electron chi connectivity index (χ0n) is 12.9. The zero-order chi connectivity index (χ0) is 15.5. The molecule has 0 unspecified atom stereocenters. The molecule has 2 aromatic rings. The molecule has 1 aromatic heterocycles. The van der Waals surface area contributed by atoms with E-state index in [9.17, 15) is 4.79 Å². The van der Waals surface area contributed by atoms with Crippen molar-refractivity contribution in [3.8, 4) is 5.75 Å². The van der Waals surface area contributed by atoms with Crippen LogP contribution in [0.4, 0.5) is 0 Å². The quantitative estimate of drug-likeness (QED) is 0.870. The summed E-state index contributed by atoms with van der Waals surface area (Å²) < 4.78 is 5.31. The van der Waals surface area contributed by atoms with Crippen LogP contribution in [0.2, 0.25) is 0 Å². The summed E-state index contributed by atoms with van der Waals surface area (Å²) in [6.45, 7) is 3.56. The average molecular weight is 316 g/mol. The summed E-state index contributed by atoms with van der Waals surface area (Å²) in [5.74, 6) is 1.04. The van der Waals surface area contributed by atoms with Gasteiger partial charge in [-0.25, -0.2) is 4.98 Å². The third-order valence-electron chi connectivity index (χ3n) is 4.03. The summed E-state index contributed by atoms with van der Waals surface area (Å²) in [5, 5.41) is 3.23. The third kappa shape index (κ3) is 2.99. The van der Waals surface area contributed by atoms with Gasteiger partial charge >= 0.3 is 0 Å². The number of aromatic nitrogens is 1. The summed E-state index contributed by atoms with van der Waals surface area (Å²) in [6, 6.07) is 7.42. The molecule has 1 aromatic carbocycles. The van der Waals surface area contributed by atoms with Gasteiger partial charge in [0, 0.05) is 30.1 Å². The lowest BCUT2D eigenvalue weighted by Crippen LogP contribution is -2.39. The van der Waals surface area contributed by atoms with E-state index in [1.165, 1.54) is 0 Å². The van der Waals surface area contributed by atoms with E-state index in [0.717, 1.165) is 36.6 Å². The molecule has 0 aliphatic carbocycles. The summed E-state index contributed by atoms with van der Waals surface area (Å²) in [4.78, 5) is 19.3. The van der Waals surface area contributed by atoms with Crippen molar-refractivity contribution >= 4 is 17.2 Å². The van der Waals surface area contributed by atoms with E-state index in [2.05, 4.69) is 10.4 Å². The maximum absolute atomic E-state index is 12.8. The minimum absolute atomic E-state index is 0.0513. The summed E-state index contributed by atoms with van der Waals surface area (Å²) in [6.07, 6.45) is 2.12. The fourth-order valence-electron chi connectivity index (χ4n) is 2.91. The Morgan fingerprint density at radius 1 is 1.41 bits per heavy atom. The van der Waals surface area contributed by atoms with Crippen molar-refractivity contribution in [3.63, 3.8) is 0 Å². The van der Waals surface area contributed by atoms with Crippen LogP contribution in [0.1, 0.15) is 39.8 Å². The number of hydrogen-bond donors (Lipinski definition) is 0. The topological polar surface area (TPSA) is 42.4 Å². The second-order valence-corrected chi connectivity index (χ2v) is 6.51. The number of likely N-dealkylation sites (tertiary alicyclic amines) is 1. The molecule has 1 aliphatic heterocycles. The van der Waals surface area contributed by atoms with Crippen LogP contribution in [0.3, 0.4) is 0 Å². The van der Waals surface area contributed by atoms with Crippen molar-refractivity contribution in [1.82, 2.24) is 9.88 Å². The molecule has 1 aliphatic rings. The Labute approximate surface area is 134 Å². The highest BCUT2D eigenvalue weighted by Crippen LogP contribution is 2.30. The molecule has 3 rings (SSSR count). The molecule has 1 fully saturated rings. The lowest BCUT2D eigenvalue weighted by Gasteiger charge is -2.32. The van der Waals surface area contributed by atoms with Crippen LogP contribution < -0.4 is 4.74 Å². The Bertz CT molecular complexity index is 668. The van der Waals surface area contributed by atoms with Crippen molar-refractivity contribution in [2.24, 2.45) is 0 Å². The molecule has 0 saturated carbocycles. The summed E-state index contributed by atoms with van der Waals surface area (Å²) in [7, 11) is 1.60. The number of para-hydroxylation sites is 1. The number of rotatable bonds is 3. The number of aryl methyl sites for hydroxylation is 1. The van der Waals surface area contributed by atoms with Gasteiger partial charge < -0.3 is 9.64 Å². The van der Waals surface area contributed by atoms with E-state index < -0.39 is 0 Å². The van der Waals surface area contributed by atoms with Crippen molar-refractivity contribution in [1.29, 1.82) is 0 Å². The lowest BCUT2D eigenvalue weighted by atomic mass is 9.98. The van der Waals surface area contributed by atoms with Gasteiger partial charge in [-0.1, -0.05) is 12.1 Å². The van der Waals surface area contributed by atoms with Gasteiger partial charge in [-0.3, -0.25) is 4.79 Å². The van der Waals surface area contributed by atoms with Gasteiger partial charge in [-0.15, -0.1) is 11.3 Å². The van der Waals surface area contributed by atoms with Crippen molar-refractivity contribution in [3.05, 3.63) is 45.9 Å². The first-order valence-corrected chi connectivity index (χ1v) is 8.41. The Morgan fingerprint density at radius 3 is 2.95 bits per heavy atom. The predicted molar refractivity (Wildman–Crippen MR) is 87.7 cm³/mol. The van der Waals surface area contributed by atoms with Crippen molar-refractivity contribution < 1.29 is 9.53 Å². The van der Waals surface area contributed by atoms with E-state index in [1.54, 1.807) is 18.4 Å². The van der Waals surface area contributed by atoms with Crippen molar-refractivity contribution in [2.45, 2.75) is 25.7 Å². The Morgan fingerprint density at radius 2 is 2.23 bits per heavy atom. The molecule has 1 saturated heterocycles. The second kappa shape index (κ2) is 6.48. The number of ether oxygens (including phenoxy) is 1. The smallest absolute Gasteiger partial charge is 0.257 e. The first-order valence-electron chi connectivity index (χ1n) is 7.53. The number of hydrogen-bond acceptors (Lipinski definition) is 4. The van der Waals surface area contributed by atoms with Crippen LogP contribution in [-0.4, -0.2) is 36.0 Å². The maximum atomic E-state index is 12.8. The van der Waals surface area contributed by atoms with Gasteiger partial charge in [0.2, 0.25) is 0 Å². The number of thiazole rings is 1. The Balaban J connectivity index is 1.78. The monoisotopic (exact) mass is 316 g/mol. The number of amides is 1. The highest BCUT2D eigenvalue weighted by molar-refractivity contribution is 7.09. The van der Waals surface area contributed by atoms with Gasteiger partial charge in [0.25, 0.3) is 5.91 Å². The molecule has 116 valence electrons. The molecule has 1 amide bonds. The second-order valence-electron chi connectivity index (χ2n) is 5.62. The first-order chi connectivity index (χ1) is 10.7. The van der Waals surface area contributed by atoms with Crippen LogP contribution in [0.25, 0.3) is 0 Å². The van der Waals surface area contributed by atoms with Crippen LogP contribution in [0.5, 0.6) is 5.75 Å². The molecule has 0 radical (unpaired) electrons. The summed E-state index contributed by atoms with van der Waals surface area (Å²) >= 11 is 1.70. The molecule has 0 bridgehead atoms. The SMILES string of the molecule is COc1ccccc1C(=O)N1CCC[C@@H](c2nc(C)cs2)C1. The van der Waals surface area contributed by atoms with Crippen LogP contribution in [0, 0.1) is 6.92 Å². The fraction of sp³-hybridized carbons (Fsp3) is 0.412. The van der Waals surface area contributed by atoms with E-state index in [0.29, 0.717) is 17.2 Å². The predicted octanol–water partition coefficient (Wildman–Crippen LogP) is 3.48. The molecular weight excluding hydrogens is 296 g/mol. The molecule has 0 spiro atoms. The maximum Gasteiger partial charge on any atom is 0.257 e. The zero-order valence-corrected chi connectivity index (χ0v) is 13.7. The minimum Gasteiger partial charge on any atom is -0.496 e. The van der Waals surface area contributed by atoms with Gasteiger partial charge in [0.1, 0.15) is 5.75 Å². The van der Waals surface area contributed by atoms with E-state index in [4.69, 9.17) is 4.74 Å². The van der Waals surface area contributed by atoms with E-state index in [1.807, 2.05) is 36.1 Å². The highest BCUT2D eigenvalue weighted by Gasteiger charge is 2.28. The van der Waals surface area contributed by atoms with Gasteiger partial charge in [-0.2, -0.15) is 0 Å². The van der Waals surface area contributed by atoms with Gasteiger partial charge in [0.05, 0.1) is 17.7 Å².